The van der Waals surface area contributed by atoms with Crippen molar-refractivity contribution in [3.63, 3.8) is 0 Å². The highest BCUT2D eigenvalue weighted by molar-refractivity contribution is 5.97. The number of nitrogens with two attached hydrogens (primary N) is 1. The van der Waals surface area contributed by atoms with E-state index in [9.17, 15) is 4.79 Å². The topological polar surface area (TPSA) is 100 Å². The first-order valence-electron chi connectivity index (χ1n) is 5.04. The first-order chi connectivity index (χ1) is 8.25. The lowest BCUT2D eigenvalue weighted by Gasteiger charge is -1.98. The van der Waals surface area contributed by atoms with Gasteiger partial charge in [-0.25, -0.2) is 0 Å². The van der Waals surface area contributed by atoms with Gasteiger partial charge >= 0.3 is 0 Å². The van der Waals surface area contributed by atoms with E-state index in [4.69, 9.17) is 5.73 Å². The summed E-state index contributed by atoms with van der Waals surface area (Å²) in [5, 5.41) is 11.2. The highest BCUT2D eigenvalue weighted by atomic mass is 16.1. The molecule has 0 unspecified atom stereocenters. The molecule has 17 heavy (non-hydrogen) atoms. The van der Waals surface area contributed by atoms with Crippen LogP contribution in [0.4, 0.5) is 0 Å². The number of fused-ring (bicyclic) bond motifs is 1. The van der Waals surface area contributed by atoms with Gasteiger partial charge in [-0.3, -0.25) is 4.79 Å². The fourth-order valence-corrected chi connectivity index (χ4v) is 1.80. The lowest BCUT2D eigenvalue weighted by Crippen LogP contribution is -2.12. The van der Waals surface area contributed by atoms with Crippen LogP contribution in [-0.4, -0.2) is 26.3 Å². The number of aromatic nitrogens is 4. The monoisotopic (exact) mass is 227 g/mol. The number of rotatable bonds is 2. The van der Waals surface area contributed by atoms with Crippen molar-refractivity contribution in [2.45, 2.75) is 0 Å². The molecule has 2 heterocycles. The first-order valence-corrected chi connectivity index (χ1v) is 5.04. The molecule has 0 atom stereocenters. The molecule has 0 spiro atoms. The Labute approximate surface area is 95.8 Å². The number of aromatic amines is 2. The van der Waals surface area contributed by atoms with Crippen LogP contribution in [0, 0.1) is 0 Å². The van der Waals surface area contributed by atoms with E-state index in [1.807, 2.05) is 30.5 Å². The molecule has 0 aliphatic carbocycles. The highest BCUT2D eigenvalue weighted by Crippen LogP contribution is 2.23. The minimum atomic E-state index is -0.597. The lowest BCUT2D eigenvalue weighted by molar-refractivity contribution is 0.0996. The number of carbonyl (C=O) groups is 1. The minimum absolute atomic E-state index is 0.149. The molecule has 4 N–H and O–H groups in total. The Morgan fingerprint density at radius 3 is 2.94 bits per heavy atom. The van der Waals surface area contributed by atoms with E-state index in [0.29, 0.717) is 5.69 Å². The van der Waals surface area contributed by atoms with Crippen molar-refractivity contribution >= 4 is 16.8 Å². The normalized spacial score (nSPS) is 10.8. The molecule has 84 valence electrons. The van der Waals surface area contributed by atoms with Crippen LogP contribution in [0.25, 0.3) is 22.2 Å². The molecule has 6 nitrogen and oxygen atoms in total. The molecule has 0 aliphatic heterocycles. The molecule has 0 saturated heterocycles. The molecule has 0 fully saturated rings. The van der Waals surface area contributed by atoms with Gasteiger partial charge in [0.2, 0.25) is 0 Å². The molecular weight excluding hydrogens is 218 g/mol. The van der Waals surface area contributed by atoms with Crippen molar-refractivity contribution in [1.82, 2.24) is 20.4 Å². The summed E-state index contributed by atoms with van der Waals surface area (Å²) < 4.78 is 0. The number of H-pyrrole nitrogens is 2. The number of hydrogen-bond acceptors (Lipinski definition) is 3. The van der Waals surface area contributed by atoms with E-state index in [1.165, 1.54) is 0 Å². The summed E-state index contributed by atoms with van der Waals surface area (Å²) in [6.45, 7) is 0. The number of primary amides is 1. The van der Waals surface area contributed by atoms with E-state index in [1.54, 1.807) is 0 Å². The second kappa shape index (κ2) is 3.44. The quantitative estimate of drug-likeness (QED) is 0.610. The van der Waals surface area contributed by atoms with Crippen molar-refractivity contribution in [1.29, 1.82) is 0 Å². The van der Waals surface area contributed by atoms with Crippen molar-refractivity contribution in [2.75, 3.05) is 0 Å². The molecule has 0 radical (unpaired) electrons. The highest BCUT2D eigenvalue weighted by Gasteiger charge is 2.15. The summed E-state index contributed by atoms with van der Waals surface area (Å²) >= 11 is 0. The SMILES string of the molecule is NC(=O)c1n[nH]nc1-c1ccc2cc[nH]c2c1. The molecule has 2 aromatic heterocycles. The van der Waals surface area contributed by atoms with Gasteiger partial charge in [-0.05, 0) is 17.5 Å². The predicted molar refractivity (Wildman–Crippen MR) is 62.2 cm³/mol. The van der Waals surface area contributed by atoms with Gasteiger partial charge in [0.1, 0.15) is 5.69 Å². The van der Waals surface area contributed by atoms with Gasteiger partial charge in [0.15, 0.2) is 5.69 Å². The molecular formula is C11H9N5O. The molecule has 0 aliphatic rings. The van der Waals surface area contributed by atoms with Crippen LogP contribution in [-0.2, 0) is 0 Å². The maximum atomic E-state index is 11.2. The van der Waals surface area contributed by atoms with E-state index in [0.717, 1.165) is 16.5 Å². The zero-order valence-corrected chi connectivity index (χ0v) is 8.77. The van der Waals surface area contributed by atoms with Crippen LogP contribution in [0.3, 0.4) is 0 Å². The van der Waals surface area contributed by atoms with Gasteiger partial charge in [0, 0.05) is 17.3 Å². The second-order valence-electron chi connectivity index (χ2n) is 3.66. The minimum Gasteiger partial charge on any atom is -0.364 e. The van der Waals surface area contributed by atoms with Gasteiger partial charge in [0.05, 0.1) is 0 Å². The number of nitrogens with one attached hydrogen (secondary N) is 2. The number of nitrogens with zero attached hydrogens (tertiary/aromatic N) is 2. The molecule has 0 bridgehead atoms. The summed E-state index contributed by atoms with van der Waals surface area (Å²) in [6.07, 6.45) is 1.85. The van der Waals surface area contributed by atoms with Gasteiger partial charge in [-0.1, -0.05) is 12.1 Å². The summed E-state index contributed by atoms with van der Waals surface area (Å²) in [6, 6.07) is 7.69. The Balaban J connectivity index is 2.19. The smallest absolute Gasteiger partial charge is 0.271 e. The number of benzene rings is 1. The van der Waals surface area contributed by atoms with Crippen molar-refractivity contribution in [3.8, 4) is 11.3 Å². The number of amides is 1. The van der Waals surface area contributed by atoms with Gasteiger partial charge in [-0.15, -0.1) is 0 Å². The Hall–Kier alpha value is -2.63. The molecule has 3 aromatic rings. The van der Waals surface area contributed by atoms with Crippen LogP contribution in [0.1, 0.15) is 10.5 Å². The Kier molecular flexibility index (Phi) is 1.94. The lowest BCUT2D eigenvalue weighted by atomic mass is 10.1. The summed E-state index contributed by atoms with van der Waals surface area (Å²) in [4.78, 5) is 14.3. The van der Waals surface area contributed by atoms with E-state index in [-0.39, 0.29) is 5.69 Å². The van der Waals surface area contributed by atoms with Crippen molar-refractivity contribution < 1.29 is 4.79 Å². The molecule has 3 rings (SSSR count). The van der Waals surface area contributed by atoms with Crippen LogP contribution in [0.15, 0.2) is 30.5 Å². The fourth-order valence-electron chi connectivity index (χ4n) is 1.80. The molecule has 6 heteroatoms. The first kappa shape index (κ1) is 9.59. The average Bonchev–Trinajstić information content (AvgIpc) is 2.96. The second-order valence-corrected chi connectivity index (χ2v) is 3.66. The summed E-state index contributed by atoms with van der Waals surface area (Å²) in [5.41, 5.74) is 7.60. The largest absolute Gasteiger partial charge is 0.364 e. The fraction of sp³-hybridized carbons (Fsp3) is 0. The Morgan fingerprint density at radius 1 is 1.24 bits per heavy atom. The van der Waals surface area contributed by atoms with Crippen LogP contribution < -0.4 is 5.73 Å². The maximum absolute atomic E-state index is 11.2. The summed E-state index contributed by atoms with van der Waals surface area (Å²) in [5.74, 6) is -0.597. The Morgan fingerprint density at radius 2 is 2.12 bits per heavy atom. The van der Waals surface area contributed by atoms with Gasteiger partial charge in [-0.2, -0.15) is 15.4 Å². The standard InChI is InChI=1S/C11H9N5O/c12-11(17)10-9(14-16-15-10)7-2-1-6-3-4-13-8(6)5-7/h1-5,13H,(H2,12,17)(H,14,15,16). The van der Waals surface area contributed by atoms with Gasteiger partial charge < -0.3 is 10.7 Å². The number of hydrogen-bond donors (Lipinski definition) is 3. The van der Waals surface area contributed by atoms with E-state index >= 15 is 0 Å². The zero-order valence-electron chi connectivity index (χ0n) is 8.77. The molecule has 1 amide bonds. The van der Waals surface area contributed by atoms with Crippen molar-refractivity contribution in [2.24, 2.45) is 5.73 Å². The van der Waals surface area contributed by atoms with Gasteiger partial charge in [0.25, 0.3) is 5.91 Å². The third-order valence-electron chi connectivity index (χ3n) is 2.61. The Bertz CT molecular complexity index is 697. The van der Waals surface area contributed by atoms with Crippen LogP contribution >= 0.6 is 0 Å². The van der Waals surface area contributed by atoms with E-state index < -0.39 is 5.91 Å². The maximum Gasteiger partial charge on any atom is 0.271 e. The third kappa shape index (κ3) is 1.46. The van der Waals surface area contributed by atoms with E-state index in [2.05, 4.69) is 20.4 Å². The molecule has 1 aromatic carbocycles. The van der Waals surface area contributed by atoms with Crippen molar-refractivity contribution in [3.05, 3.63) is 36.2 Å². The van der Waals surface area contributed by atoms with Crippen LogP contribution in [0.5, 0.6) is 0 Å². The predicted octanol–water partition coefficient (Wildman–Crippen LogP) is 1.05. The summed E-state index contributed by atoms with van der Waals surface area (Å²) in [7, 11) is 0. The molecule has 0 saturated carbocycles. The zero-order chi connectivity index (χ0) is 11.8. The van der Waals surface area contributed by atoms with Crippen LogP contribution in [0.2, 0.25) is 0 Å². The average molecular weight is 227 g/mol. The number of carbonyl (C=O) groups excluding carboxylic acids is 1. The third-order valence-corrected chi connectivity index (χ3v) is 2.61.